The number of nitrogens with two attached hydrogens (primary N) is 1. The average Bonchev–Trinajstić information content (AvgIpc) is 2.67. The minimum Gasteiger partial charge on any atom is -0.382 e. The third-order valence-electron chi connectivity index (χ3n) is 2.98. The number of nitrogen functional groups attached to an aromatic ring is 1. The van der Waals surface area contributed by atoms with E-state index in [2.05, 4.69) is 29.1 Å². The first-order valence-electron chi connectivity index (χ1n) is 5.84. The fraction of sp³-hybridized carbons (Fsp3) is 0.143. The summed E-state index contributed by atoms with van der Waals surface area (Å²) in [6.45, 7) is 4.02. The van der Waals surface area contributed by atoms with E-state index in [-0.39, 0.29) is 0 Å². The number of benzene rings is 1. The number of hydrogen-bond donors (Lipinski definition) is 1. The standard InChI is InChI=1S/C14H14N4/c1-9-3-6-11(7-4-9)18-14-12(13(15)17-18)8-5-10(2)16-14/h3-8H,1-2H3,(H2,15,17). The van der Waals surface area contributed by atoms with Crippen molar-refractivity contribution >= 4 is 16.9 Å². The number of nitrogens with zero attached hydrogens (tertiary/aromatic N) is 3. The Kier molecular flexibility index (Phi) is 2.30. The van der Waals surface area contributed by atoms with Crippen molar-refractivity contribution in [2.75, 3.05) is 5.73 Å². The molecular weight excluding hydrogens is 224 g/mol. The lowest BCUT2D eigenvalue weighted by Crippen LogP contribution is -1.98. The van der Waals surface area contributed by atoms with Crippen molar-refractivity contribution < 1.29 is 0 Å². The van der Waals surface area contributed by atoms with Gasteiger partial charge in [-0.05, 0) is 38.1 Å². The molecular formula is C14H14N4. The van der Waals surface area contributed by atoms with Gasteiger partial charge in [-0.15, -0.1) is 5.10 Å². The molecule has 90 valence electrons. The van der Waals surface area contributed by atoms with Crippen LogP contribution in [0, 0.1) is 13.8 Å². The van der Waals surface area contributed by atoms with Crippen molar-refractivity contribution in [2.24, 2.45) is 0 Å². The predicted molar refractivity (Wildman–Crippen MR) is 72.8 cm³/mol. The van der Waals surface area contributed by atoms with E-state index in [1.807, 2.05) is 31.2 Å². The van der Waals surface area contributed by atoms with Crippen molar-refractivity contribution in [3.05, 3.63) is 47.7 Å². The van der Waals surface area contributed by atoms with Gasteiger partial charge in [0, 0.05) is 5.69 Å². The highest BCUT2D eigenvalue weighted by Gasteiger charge is 2.10. The normalized spacial score (nSPS) is 11.0. The minimum absolute atomic E-state index is 0.512. The van der Waals surface area contributed by atoms with E-state index in [0.29, 0.717) is 5.82 Å². The molecule has 0 unspecified atom stereocenters. The van der Waals surface area contributed by atoms with Crippen LogP contribution in [0.4, 0.5) is 5.82 Å². The van der Waals surface area contributed by atoms with Gasteiger partial charge in [0.15, 0.2) is 11.5 Å². The SMILES string of the molecule is Cc1ccc(-n2nc(N)c3ccc(C)nc32)cc1. The maximum Gasteiger partial charge on any atom is 0.165 e. The van der Waals surface area contributed by atoms with Crippen molar-refractivity contribution in [2.45, 2.75) is 13.8 Å². The molecule has 0 aliphatic carbocycles. The van der Waals surface area contributed by atoms with Crippen molar-refractivity contribution in [1.29, 1.82) is 0 Å². The maximum atomic E-state index is 5.92. The van der Waals surface area contributed by atoms with Crippen LogP contribution in [0.1, 0.15) is 11.3 Å². The summed E-state index contributed by atoms with van der Waals surface area (Å²) < 4.78 is 1.79. The van der Waals surface area contributed by atoms with Gasteiger partial charge in [0.05, 0.1) is 11.1 Å². The molecule has 4 nitrogen and oxygen atoms in total. The molecule has 0 aliphatic rings. The zero-order valence-electron chi connectivity index (χ0n) is 10.4. The van der Waals surface area contributed by atoms with Gasteiger partial charge in [0.25, 0.3) is 0 Å². The molecule has 18 heavy (non-hydrogen) atoms. The van der Waals surface area contributed by atoms with Gasteiger partial charge in [-0.2, -0.15) is 0 Å². The average molecular weight is 238 g/mol. The predicted octanol–water partition coefficient (Wildman–Crippen LogP) is 2.62. The van der Waals surface area contributed by atoms with E-state index in [1.165, 1.54) is 5.56 Å². The molecule has 0 amide bonds. The number of aryl methyl sites for hydroxylation is 2. The quantitative estimate of drug-likeness (QED) is 0.709. The van der Waals surface area contributed by atoms with Crippen LogP contribution in [0.3, 0.4) is 0 Å². The molecule has 0 spiro atoms. The van der Waals surface area contributed by atoms with Crippen molar-refractivity contribution in [3.63, 3.8) is 0 Å². The van der Waals surface area contributed by atoms with E-state index >= 15 is 0 Å². The number of fused-ring (bicyclic) bond motifs is 1. The number of anilines is 1. The van der Waals surface area contributed by atoms with Gasteiger partial charge in [-0.25, -0.2) is 9.67 Å². The molecule has 1 aromatic carbocycles. The smallest absolute Gasteiger partial charge is 0.165 e. The van der Waals surface area contributed by atoms with Crippen LogP contribution in [0.15, 0.2) is 36.4 Å². The molecule has 0 fully saturated rings. The van der Waals surface area contributed by atoms with Gasteiger partial charge in [0.1, 0.15) is 0 Å². The Morgan fingerprint density at radius 1 is 1.00 bits per heavy atom. The Balaban J connectivity index is 2.28. The molecule has 2 aromatic heterocycles. The van der Waals surface area contributed by atoms with E-state index < -0.39 is 0 Å². The Labute approximate surface area is 105 Å². The molecule has 0 saturated carbocycles. The van der Waals surface area contributed by atoms with Gasteiger partial charge in [0.2, 0.25) is 0 Å². The Hall–Kier alpha value is -2.36. The highest BCUT2D eigenvalue weighted by molar-refractivity contribution is 5.87. The summed E-state index contributed by atoms with van der Waals surface area (Å²) in [6, 6.07) is 12.0. The van der Waals surface area contributed by atoms with Crippen LogP contribution in [-0.4, -0.2) is 14.8 Å². The summed E-state index contributed by atoms with van der Waals surface area (Å²) in [5.41, 5.74) is 9.87. The lowest BCUT2D eigenvalue weighted by Gasteiger charge is -2.03. The van der Waals surface area contributed by atoms with E-state index in [0.717, 1.165) is 22.4 Å². The molecule has 0 saturated heterocycles. The largest absolute Gasteiger partial charge is 0.382 e. The summed E-state index contributed by atoms with van der Waals surface area (Å²) in [5, 5.41) is 5.25. The molecule has 2 heterocycles. The zero-order chi connectivity index (χ0) is 12.7. The second kappa shape index (κ2) is 3.84. The van der Waals surface area contributed by atoms with Crippen molar-refractivity contribution in [3.8, 4) is 5.69 Å². The highest BCUT2D eigenvalue weighted by atomic mass is 15.3. The second-order valence-electron chi connectivity index (χ2n) is 4.46. The molecule has 4 heteroatoms. The van der Waals surface area contributed by atoms with E-state index in [4.69, 9.17) is 5.73 Å². The Morgan fingerprint density at radius 3 is 2.44 bits per heavy atom. The first-order chi connectivity index (χ1) is 8.65. The molecule has 0 aliphatic heterocycles. The fourth-order valence-electron chi connectivity index (χ4n) is 1.98. The first-order valence-corrected chi connectivity index (χ1v) is 5.84. The monoisotopic (exact) mass is 238 g/mol. The molecule has 3 aromatic rings. The number of aromatic nitrogens is 3. The second-order valence-corrected chi connectivity index (χ2v) is 4.46. The summed E-state index contributed by atoms with van der Waals surface area (Å²) in [5.74, 6) is 0.512. The molecule has 0 radical (unpaired) electrons. The first kappa shape index (κ1) is 10.8. The van der Waals surface area contributed by atoms with E-state index in [1.54, 1.807) is 4.68 Å². The third kappa shape index (κ3) is 1.62. The third-order valence-corrected chi connectivity index (χ3v) is 2.98. The van der Waals surface area contributed by atoms with Crippen LogP contribution in [0.5, 0.6) is 0 Å². The van der Waals surface area contributed by atoms with Gasteiger partial charge >= 0.3 is 0 Å². The van der Waals surface area contributed by atoms with Crippen LogP contribution < -0.4 is 5.73 Å². The summed E-state index contributed by atoms with van der Waals surface area (Å²) >= 11 is 0. The zero-order valence-corrected chi connectivity index (χ0v) is 10.4. The summed E-state index contributed by atoms with van der Waals surface area (Å²) in [6.07, 6.45) is 0. The van der Waals surface area contributed by atoms with Crippen LogP contribution in [0.25, 0.3) is 16.7 Å². The Bertz CT molecular complexity index is 710. The molecule has 3 rings (SSSR count). The lowest BCUT2D eigenvalue weighted by atomic mass is 10.2. The highest BCUT2D eigenvalue weighted by Crippen LogP contribution is 2.22. The van der Waals surface area contributed by atoms with Gasteiger partial charge in [-0.3, -0.25) is 0 Å². The number of rotatable bonds is 1. The molecule has 0 atom stereocenters. The van der Waals surface area contributed by atoms with Crippen molar-refractivity contribution in [1.82, 2.24) is 14.8 Å². The maximum absolute atomic E-state index is 5.92. The Morgan fingerprint density at radius 2 is 1.72 bits per heavy atom. The minimum atomic E-state index is 0.512. The molecule has 0 bridgehead atoms. The van der Waals surface area contributed by atoms with Crippen LogP contribution in [0.2, 0.25) is 0 Å². The van der Waals surface area contributed by atoms with Gasteiger partial charge in [-0.1, -0.05) is 17.7 Å². The van der Waals surface area contributed by atoms with Crippen LogP contribution >= 0.6 is 0 Å². The van der Waals surface area contributed by atoms with Crippen LogP contribution in [-0.2, 0) is 0 Å². The topological polar surface area (TPSA) is 56.7 Å². The lowest BCUT2D eigenvalue weighted by molar-refractivity contribution is 0.899. The number of pyridine rings is 1. The van der Waals surface area contributed by atoms with E-state index in [9.17, 15) is 0 Å². The summed E-state index contributed by atoms with van der Waals surface area (Å²) in [4.78, 5) is 4.52. The number of hydrogen-bond acceptors (Lipinski definition) is 3. The van der Waals surface area contributed by atoms with Gasteiger partial charge < -0.3 is 5.73 Å². The molecule has 2 N–H and O–H groups in total. The fourth-order valence-corrected chi connectivity index (χ4v) is 1.98. The summed E-state index contributed by atoms with van der Waals surface area (Å²) in [7, 11) is 0.